The Balaban J connectivity index is 0.000000353. The van der Waals surface area contributed by atoms with Gasteiger partial charge in [0.25, 0.3) is 11.1 Å². The average molecular weight is 949 g/mol. The summed E-state index contributed by atoms with van der Waals surface area (Å²) in [5.74, 6) is -0.768. The lowest BCUT2D eigenvalue weighted by atomic mass is 9.90. The first kappa shape index (κ1) is 52.9. The van der Waals surface area contributed by atoms with Gasteiger partial charge in [-0.25, -0.2) is 18.5 Å². The second-order valence-corrected chi connectivity index (χ2v) is 13.6. The molecule has 0 saturated heterocycles. The van der Waals surface area contributed by atoms with Crippen molar-refractivity contribution in [1.82, 2.24) is 0 Å². The Bertz CT molecular complexity index is 2470. The second-order valence-electron chi connectivity index (χ2n) is 12.9. The van der Waals surface area contributed by atoms with E-state index in [-0.39, 0.29) is 79.0 Å². The van der Waals surface area contributed by atoms with E-state index in [1.165, 1.54) is 50.2 Å². The van der Waals surface area contributed by atoms with Crippen LogP contribution in [0.3, 0.4) is 0 Å². The van der Waals surface area contributed by atoms with Crippen molar-refractivity contribution in [2.24, 2.45) is 4.36 Å². The van der Waals surface area contributed by atoms with Gasteiger partial charge in [-0.2, -0.15) is 61.3 Å². The Kier molecular flexibility index (Phi) is 16.3. The number of alkyl halides is 14. The first-order chi connectivity index (χ1) is 28.6. The number of halogens is 15. The van der Waals surface area contributed by atoms with E-state index in [2.05, 4.69) is 19.4 Å². The van der Waals surface area contributed by atoms with E-state index >= 15 is 0 Å². The molecule has 1 amide bonds. The van der Waals surface area contributed by atoms with Gasteiger partial charge in [0.1, 0.15) is 0 Å². The summed E-state index contributed by atoms with van der Waals surface area (Å²) in [4.78, 5) is 29.4. The predicted octanol–water partition coefficient (Wildman–Crippen LogP) is 12.8. The number of anilines is 3. The normalized spacial score (nSPS) is 12.0. The highest BCUT2D eigenvalue weighted by molar-refractivity contribution is 7.54. The molecule has 4 aromatic carbocycles. The Morgan fingerprint density at radius 2 is 1.00 bits per heavy atom. The molecule has 0 spiro atoms. The Morgan fingerprint density at radius 3 is 1.35 bits per heavy atom. The molecule has 4 aromatic rings. The van der Waals surface area contributed by atoms with Crippen LogP contribution >= 0.6 is 11.6 Å². The van der Waals surface area contributed by atoms with Crippen molar-refractivity contribution < 1.29 is 75.3 Å². The van der Waals surface area contributed by atoms with E-state index in [1.54, 1.807) is 0 Å². The Labute approximate surface area is 355 Å². The number of nitrogens with one attached hydrogen (secondary N) is 1. The number of benzene rings is 4. The van der Waals surface area contributed by atoms with Gasteiger partial charge in [-0.15, -0.1) is 0 Å². The van der Waals surface area contributed by atoms with Gasteiger partial charge in [-0.3, -0.25) is 9.59 Å². The van der Waals surface area contributed by atoms with Crippen LogP contribution in [0.2, 0.25) is 0 Å². The van der Waals surface area contributed by atoms with Crippen LogP contribution in [0, 0.1) is 40.8 Å². The summed E-state index contributed by atoms with van der Waals surface area (Å²) < 4.78 is 195. The predicted molar refractivity (Wildman–Crippen MR) is 204 cm³/mol. The molecule has 0 unspecified atom stereocenters. The van der Waals surface area contributed by atoms with Crippen molar-refractivity contribution in [3.05, 3.63) is 128 Å². The highest BCUT2D eigenvalue weighted by Crippen LogP contribution is 2.55. The molecule has 5 N–H and O–H groups in total. The largest absolute Gasteiger partial charge is 0.435 e. The van der Waals surface area contributed by atoms with E-state index in [0.717, 1.165) is 13.8 Å². The lowest BCUT2D eigenvalue weighted by Gasteiger charge is -2.31. The summed E-state index contributed by atoms with van der Waals surface area (Å²) >= 11 is 5.21. The molecular weight excluding hydrogens is 922 g/mol. The monoisotopic (exact) mass is 948 g/mol. The maximum absolute atomic E-state index is 14.3. The van der Waals surface area contributed by atoms with Gasteiger partial charge in [0.05, 0.1) is 18.8 Å². The van der Waals surface area contributed by atoms with Gasteiger partial charge in [-0.05, 0) is 73.7 Å². The number of hydrogen-bond donors (Lipinski definition) is 3. The third-order valence-corrected chi connectivity index (χ3v) is 9.08. The van der Waals surface area contributed by atoms with Crippen LogP contribution in [-0.4, -0.2) is 40.1 Å². The fourth-order valence-electron chi connectivity index (χ4n) is 5.35. The molecule has 0 aliphatic rings. The maximum atomic E-state index is 14.3. The van der Waals surface area contributed by atoms with E-state index in [0.29, 0.717) is 24.3 Å². The summed E-state index contributed by atoms with van der Waals surface area (Å²) in [5.41, 5.74) is -2.94. The zero-order valence-electron chi connectivity index (χ0n) is 32.1. The molecule has 0 aliphatic carbocycles. The van der Waals surface area contributed by atoms with Gasteiger partial charge >= 0.3 is 36.0 Å². The van der Waals surface area contributed by atoms with Crippen LogP contribution < -0.4 is 16.8 Å². The summed E-state index contributed by atoms with van der Waals surface area (Å²) in [5, 5.41) is 1.71. The SMILES string of the molecule is Cc1cc(C(F)(C(F)(F)F)C(F)(F)F)cc(C)c1N.[C-]#[N+]c1ccc(C(=O)Cl)cc1N=S=O.[C-]#[N+]c1ccc(C(=O)Nc2c(C)cc(C(F)(C(F)(F)F)C(F)(F)F)cc2C)cc1N. The van der Waals surface area contributed by atoms with Crippen LogP contribution in [0.5, 0.6) is 0 Å². The number of aryl methyl sites for hydroxylation is 4. The van der Waals surface area contributed by atoms with Crippen molar-refractivity contribution in [1.29, 1.82) is 0 Å². The summed E-state index contributed by atoms with van der Waals surface area (Å²) in [6, 6.07) is 9.58. The quantitative estimate of drug-likeness (QED) is 0.0765. The van der Waals surface area contributed by atoms with Crippen molar-refractivity contribution in [3.8, 4) is 0 Å². The number of nitrogen functional groups attached to an aromatic ring is 2. The molecule has 25 heteroatoms. The number of carbonyl (C=O) groups excluding carboxylic acids is 2. The Morgan fingerprint density at radius 1 is 0.619 bits per heavy atom. The van der Waals surface area contributed by atoms with Crippen LogP contribution in [0.15, 0.2) is 65.0 Å². The number of hydrogen-bond acceptors (Lipinski definition) is 6. The molecule has 338 valence electrons. The lowest BCUT2D eigenvalue weighted by Crippen LogP contribution is -2.50. The molecule has 0 radical (unpaired) electrons. The molecule has 0 aliphatic heterocycles. The summed E-state index contributed by atoms with van der Waals surface area (Å²) in [6.07, 6.45) is -24.7. The first-order valence-corrected chi connectivity index (χ1v) is 17.6. The number of nitrogens with two attached hydrogens (primary N) is 2. The van der Waals surface area contributed by atoms with Gasteiger partial charge in [-0.1, -0.05) is 48.5 Å². The van der Waals surface area contributed by atoms with Crippen LogP contribution in [-0.2, 0) is 22.8 Å². The molecule has 0 saturated carbocycles. The molecular formula is C38H27ClF14N6O3S. The highest BCUT2D eigenvalue weighted by atomic mass is 35.5. The summed E-state index contributed by atoms with van der Waals surface area (Å²) in [6.45, 7) is 18.4. The van der Waals surface area contributed by atoms with E-state index < -0.39 is 58.3 Å². The molecule has 63 heavy (non-hydrogen) atoms. The molecule has 0 bridgehead atoms. The van der Waals surface area contributed by atoms with Gasteiger partial charge in [0.2, 0.25) is 22.8 Å². The van der Waals surface area contributed by atoms with Crippen LogP contribution in [0.25, 0.3) is 9.69 Å². The summed E-state index contributed by atoms with van der Waals surface area (Å²) in [7, 11) is 0. The highest BCUT2D eigenvalue weighted by Gasteiger charge is 2.74. The van der Waals surface area contributed by atoms with Gasteiger partial charge in [0, 0.05) is 39.3 Å². The third kappa shape index (κ3) is 11.4. The van der Waals surface area contributed by atoms with Crippen LogP contribution in [0.1, 0.15) is 54.1 Å². The van der Waals surface area contributed by atoms with Crippen LogP contribution in [0.4, 0.5) is 95.6 Å². The first-order valence-electron chi connectivity index (χ1n) is 16.6. The van der Waals surface area contributed by atoms with Crippen molar-refractivity contribution in [2.75, 3.05) is 16.8 Å². The smallest absolute Gasteiger partial charge is 0.407 e. The molecule has 0 atom stereocenters. The van der Waals surface area contributed by atoms with Gasteiger partial charge < -0.3 is 16.8 Å². The lowest BCUT2D eigenvalue weighted by molar-refractivity contribution is -0.349. The second kappa shape index (κ2) is 19.4. The molecule has 9 nitrogen and oxygen atoms in total. The fraction of sp³-hybridized carbons (Fsp3) is 0.263. The average Bonchev–Trinajstić information content (AvgIpc) is 3.16. The number of carbonyl (C=O) groups is 2. The Hall–Kier alpha value is -6.27. The standard InChI is InChI=1S/C19H14F7N3O.C11H10F7N.C8H3ClN2O2S/c1-9-6-12(17(20,18(21,22)23)19(24,25)26)7-10(2)15(9)29-16(30)11-4-5-14(28-3)13(27)8-11;1-5-3-7(4-6(2)8(5)19)9(12,10(13,14)15)11(16,17)18;1-10-6-3-2-5(8(9)12)4-7(6)11-14-13/h4-8H,27H2,1-2H3,(H,29,30);3-4H,19H2,1-2H3;2-4H. The van der Waals surface area contributed by atoms with Crippen molar-refractivity contribution in [2.45, 2.75) is 63.7 Å². The van der Waals surface area contributed by atoms with Crippen molar-refractivity contribution in [3.63, 3.8) is 0 Å². The molecule has 4 rings (SSSR count). The topological polar surface area (TPSA) is 136 Å². The van der Waals surface area contributed by atoms with E-state index in [9.17, 15) is 75.3 Å². The zero-order chi connectivity index (χ0) is 48.8. The minimum absolute atomic E-state index is 0.00759. The van der Waals surface area contributed by atoms with Crippen molar-refractivity contribution >= 4 is 68.3 Å². The number of nitrogens with zero attached hydrogens (tertiary/aromatic N) is 3. The minimum Gasteiger partial charge on any atom is -0.407 e. The fourth-order valence-corrected chi connectivity index (χ4v) is 5.69. The number of amides is 1. The minimum atomic E-state index is -6.24. The van der Waals surface area contributed by atoms with E-state index in [1.807, 2.05) is 0 Å². The zero-order valence-corrected chi connectivity index (χ0v) is 33.6. The third-order valence-electron chi connectivity index (χ3n) is 8.59. The van der Waals surface area contributed by atoms with E-state index in [4.69, 9.17) is 36.2 Å². The van der Waals surface area contributed by atoms with Gasteiger partial charge in [0.15, 0.2) is 0 Å². The maximum Gasteiger partial charge on any atom is 0.435 e. The number of rotatable bonds is 6. The molecule has 0 aromatic heterocycles. The molecule has 0 heterocycles. The molecule has 0 fully saturated rings.